The fourth-order valence-electron chi connectivity index (χ4n) is 1.92. The standard InChI is InChI=1S/C13H24N2O3/c1-5-18-12(17)15-8-6-14(7-9-15)11(16)10-13(2,3)4/h5-10H2,1-4H3. The highest BCUT2D eigenvalue weighted by atomic mass is 16.6. The molecule has 5 nitrogen and oxygen atoms in total. The molecule has 0 bridgehead atoms. The molecule has 1 rings (SSSR count). The molecule has 0 unspecified atom stereocenters. The Kier molecular flexibility index (Phi) is 4.99. The number of nitrogens with zero attached hydrogens (tertiary/aromatic N) is 2. The molecule has 1 aliphatic rings. The topological polar surface area (TPSA) is 49.9 Å². The van der Waals surface area contributed by atoms with Crippen LogP contribution >= 0.6 is 0 Å². The monoisotopic (exact) mass is 256 g/mol. The zero-order valence-electron chi connectivity index (χ0n) is 11.9. The van der Waals surface area contributed by atoms with Crippen molar-refractivity contribution in [2.75, 3.05) is 32.8 Å². The van der Waals surface area contributed by atoms with Crippen LogP contribution in [0.15, 0.2) is 0 Å². The molecule has 0 N–H and O–H groups in total. The molecule has 104 valence electrons. The van der Waals surface area contributed by atoms with Crippen LogP contribution in [0.5, 0.6) is 0 Å². The number of hydrogen-bond acceptors (Lipinski definition) is 3. The first kappa shape index (κ1) is 14.8. The SMILES string of the molecule is CCOC(=O)N1CCN(C(=O)CC(C)(C)C)CC1. The minimum absolute atomic E-state index is 0.00928. The predicted octanol–water partition coefficient (Wildman–Crippen LogP) is 1.72. The van der Waals surface area contributed by atoms with Crippen LogP contribution in [-0.2, 0) is 9.53 Å². The van der Waals surface area contributed by atoms with Gasteiger partial charge in [-0.25, -0.2) is 4.79 Å². The Morgan fingerprint density at radius 1 is 1.06 bits per heavy atom. The zero-order chi connectivity index (χ0) is 13.8. The van der Waals surface area contributed by atoms with Crippen LogP contribution in [0.2, 0.25) is 0 Å². The van der Waals surface area contributed by atoms with Gasteiger partial charge in [-0.2, -0.15) is 0 Å². The molecule has 0 aromatic rings. The Balaban J connectivity index is 2.39. The quantitative estimate of drug-likeness (QED) is 0.756. The molecule has 1 heterocycles. The van der Waals surface area contributed by atoms with Crippen LogP contribution in [-0.4, -0.2) is 54.6 Å². The van der Waals surface area contributed by atoms with E-state index >= 15 is 0 Å². The summed E-state index contributed by atoms with van der Waals surface area (Å²) in [6, 6.07) is 0. The summed E-state index contributed by atoms with van der Waals surface area (Å²) < 4.78 is 4.94. The van der Waals surface area contributed by atoms with Crippen LogP contribution < -0.4 is 0 Å². The van der Waals surface area contributed by atoms with Gasteiger partial charge >= 0.3 is 6.09 Å². The van der Waals surface area contributed by atoms with Crippen molar-refractivity contribution in [3.8, 4) is 0 Å². The Morgan fingerprint density at radius 3 is 2.00 bits per heavy atom. The van der Waals surface area contributed by atoms with Gasteiger partial charge in [0.1, 0.15) is 0 Å². The Bertz CT molecular complexity index is 302. The van der Waals surface area contributed by atoms with Crippen molar-refractivity contribution in [3.05, 3.63) is 0 Å². The largest absolute Gasteiger partial charge is 0.450 e. The molecule has 5 heteroatoms. The van der Waals surface area contributed by atoms with Crippen molar-refractivity contribution in [3.63, 3.8) is 0 Å². The first-order chi connectivity index (χ1) is 8.33. The smallest absolute Gasteiger partial charge is 0.409 e. The van der Waals surface area contributed by atoms with E-state index in [0.29, 0.717) is 39.2 Å². The Morgan fingerprint density at radius 2 is 1.56 bits per heavy atom. The van der Waals surface area contributed by atoms with Gasteiger partial charge in [0.25, 0.3) is 0 Å². The van der Waals surface area contributed by atoms with Crippen LogP contribution in [0.25, 0.3) is 0 Å². The molecule has 2 amide bonds. The van der Waals surface area contributed by atoms with Crippen molar-refractivity contribution in [2.45, 2.75) is 34.1 Å². The van der Waals surface area contributed by atoms with Gasteiger partial charge in [-0.1, -0.05) is 20.8 Å². The van der Waals surface area contributed by atoms with Crippen LogP contribution in [0.4, 0.5) is 4.79 Å². The zero-order valence-corrected chi connectivity index (χ0v) is 11.9. The number of piperazine rings is 1. The van der Waals surface area contributed by atoms with E-state index in [4.69, 9.17) is 4.74 Å². The molecule has 0 spiro atoms. The second-order valence-electron chi connectivity index (χ2n) is 5.80. The van der Waals surface area contributed by atoms with Crippen LogP contribution in [0.3, 0.4) is 0 Å². The highest BCUT2D eigenvalue weighted by Crippen LogP contribution is 2.20. The molecule has 18 heavy (non-hydrogen) atoms. The fourth-order valence-corrected chi connectivity index (χ4v) is 1.92. The van der Waals surface area contributed by atoms with E-state index in [2.05, 4.69) is 20.8 Å². The number of ether oxygens (including phenoxy) is 1. The van der Waals surface area contributed by atoms with E-state index in [0.717, 1.165) is 0 Å². The number of amides is 2. The Labute approximate surface area is 109 Å². The Hall–Kier alpha value is -1.26. The van der Waals surface area contributed by atoms with Gasteiger partial charge in [0.05, 0.1) is 6.61 Å². The first-order valence-electron chi connectivity index (χ1n) is 6.53. The normalized spacial score (nSPS) is 16.7. The second-order valence-corrected chi connectivity index (χ2v) is 5.80. The lowest BCUT2D eigenvalue weighted by Crippen LogP contribution is -2.51. The maximum absolute atomic E-state index is 12.0. The number of carbonyl (C=O) groups excluding carboxylic acids is 2. The average Bonchev–Trinajstić information content (AvgIpc) is 2.27. The van der Waals surface area contributed by atoms with E-state index in [9.17, 15) is 9.59 Å². The van der Waals surface area contributed by atoms with Crippen molar-refractivity contribution in [2.24, 2.45) is 5.41 Å². The van der Waals surface area contributed by atoms with Gasteiger partial charge in [-0.3, -0.25) is 4.79 Å². The van der Waals surface area contributed by atoms with E-state index in [1.54, 1.807) is 11.8 Å². The first-order valence-corrected chi connectivity index (χ1v) is 6.53. The summed E-state index contributed by atoms with van der Waals surface area (Å²) in [7, 11) is 0. The van der Waals surface area contributed by atoms with Gasteiger partial charge < -0.3 is 14.5 Å². The molecule has 0 atom stereocenters. The molecule has 1 fully saturated rings. The average molecular weight is 256 g/mol. The third-order valence-electron chi connectivity index (χ3n) is 2.84. The van der Waals surface area contributed by atoms with Crippen LogP contribution in [0.1, 0.15) is 34.1 Å². The highest BCUT2D eigenvalue weighted by Gasteiger charge is 2.26. The third-order valence-corrected chi connectivity index (χ3v) is 2.84. The molecular weight excluding hydrogens is 232 g/mol. The number of rotatable bonds is 2. The number of hydrogen-bond donors (Lipinski definition) is 0. The second kappa shape index (κ2) is 6.07. The van der Waals surface area contributed by atoms with Crippen molar-refractivity contribution in [1.29, 1.82) is 0 Å². The summed E-state index contributed by atoms with van der Waals surface area (Å²) in [5.74, 6) is 0.172. The summed E-state index contributed by atoms with van der Waals surface area (Å²) in [5, 5.41) is 0. The molecule has 1 aliphatic heterocycles. The minimum atomic E-state index is -0.277. The molecule has 0 aliphatic carbocycles. The van der Waals surface area contributed by atoms with Gasteiger partial charge in [0, 0.05) is 32.6 Å². The molecule has 0 aromatic heterocycles. The van der Waals surface area contributed by atoms with Gasteiger partial charge in [-0.05, 0) is 12.3 Å². The van der Waals surface area contributed by atoms with Gasteiger partial charge in [0.15, 0.2) is 0 Å². The number of carbonyl (C=O) groups is 2. The van der Waals surface area contributed by atoms with Gasteiger partial charge in [0.2, 0.25) is 5.91 Å². The summed E-state index contributed by atoms with van der Waals surface area (Å²) in [6.07, 6.45) is 0.271. The molecule has 0 aromatic carbocycles. The minimum Gasteiger partial charge on any atom is -0.450 e. The van der Waals surface area contributed by atoms with Gasteiger partial charge in [-0.15, -0.1) is 0 Å². The van der Waals surface area contributed by atoms with E-state index < -0.39 is 0 Å². The fraction of sp³-hybridized carbons (Fsp3) is 0.846. The molecule has 0 saturated carbocycles. The lowest BCUT2D eigenvalue weighted by molar-refractivity contribution is -0.134. The maximum atomic E-state index is 12.0. The third kappa shape index (κ3) is 4.55. The van der Waals surface area contributed by atoms with Crippen LogP contribution in [0, 0.1) is 5.41 Å². The lowest BCUT2D eigenvalue weighted by Gasteiger charge is -2.35. The lowest BCUT2D eigenvalue weighted by atomic mass is 9.91. The highest BCUT2D eigenvalue weighted by molar-refractivity contribution is 5.77. The van der Waals surface area contributed by atoms with E-state index in [1.165, 1.54) is 0 Å². The predicted molar refractivity (Wildman–Crippen MR) is 69.2 cm³/mol. The summed E-state index contributed by atoms with van der Waals surface area (Å²) >= 11 is 0. The summed E-state index contributed by atoms with van der Waals surface area (Å²) in [6.45, 7) is 10.7. The molecule has 1 saturated heterocycles. The van der Waals surface area contributed by atoms with Crippen molar-refractivity contribution in [1.82, 2.24) is 9.80 Å². The van der Waals surface area contributed by atoms with Crippen molar-refractivity contribution >= 4 is 12.0 Å². The molecular formula is C13H24N2O3. The van der Waals surface area contributed by atoms with E-state index in [-0.39, 0.29) is 17.4 Å². The summed E-state index contributed by atoms with van der Waals surface area (Å²) in [4.78, 5) is 27.0. The van der Waals surface area contributed by atoms with Crippen molar-refractivity contribution < 1.29 is 14.3 Å². The molecule has 0 radical (unpaired) electrons. The van der Waals surface area contributed by atoms with E-state index in [1.807, 2.05) is 4.90 Å². The maximum Gasteiger partial charge on any atom is 0.409 e. The summed E-state index contributed by atoms with van der Waals surface area (Å²) in [5.41, 5.74) is 0.00928.